The molecule has 64 valence electrons. The van der Waals surface area contributed by atoms with Gasteiger partial charge in [-0.3, -0.25) is 5.10 Å². The summed E-state index contributed by atoms with van der Waals surface area (Å²) in [7, 11) is 1.56. The van der Waals surface area contributed by atoms with Crippen LogP contribution in [0.4, 0.5) is 0 Å². The van der Waals surface area contributed by atoms with E-state index in [-0.39, 0.29) is 0 Å². The van der Waals surface area contributed by atoms with Gasteiger partial charge in [-0.05, 0) is 18.2 Å². The topological polar surface area (TPSA) is 61.7 Å². The Balaban J connectivity index is 2.70. The maximum absolute atomic E-state index is 8.65. The normalized spacial score (nSPS) is 9.85. The van der Waals surface area contributed by atoms with E-state index < -0.39 is 0 Å². The number of nitriles is 1. The van der Waals surface area contributed by atoms with Crippen LogP contribution in [0.15, 0.2) is 18.2 Å². The van der Waals surface area contributed by atoms with E-state index in [1.165, 1.54) is 0 Å². The number of hydrogen-bond acceptors (Lipinski definition) is 3. The first-order valence-electron chi connectivity index (χ1n) is 3.77. The molecule has 0 amide bonds. The molecule has 0 bridgehead atoms. The number of methoxy groups -OCH3 is 1. The number of aromatic amines is 1. The predicted octanol–water partition coefficient (Wildman–Crippen LogP) is 1.44. The number of H-pyrrole nitrogens is 1. The highest BCUT2D eigenvalue weighted by molar-refractivity contribution is 5.84. The van der Waals surface area contributed by atoms with Crippen LogP contribution in [0.25, 0.3) is 10.9 Å². The molecular weight excluding hydrogens is 166 g/mol. The van der Waals surface area contributed by atoms with E-state index in [1.807, 2.05) is 6.07 Å². The van der Waals surface area contributed by atoms with E-state index in [0.717, 1.165) is 10.9 Å². The van der Waals surface area contributed by atoms with Gasteiger partial charge in [0.05, 0.1) is 29.6 Å². The summed E-state index contributed by atoms with van der Waals surface area (Å²) in [5, 5.41) is 16.3. The summed E-state index contributed by atoms with van der Waals surface area (Å²) in [5.74, 6) is 0.555. The SMILES string of the molecule is COc1n[nH]c2cc(C#N)ccc12. The Morgan fingerprint density at radius 1 is 1.54 bits per heavy atom. The first-order chi connectivity index (χ1) is 6.35. The molecule has 0 atom stereocenters. The summed E-state index contributed by atoms with van der Waals surface area (Å²) >= 11 is 0. The molecule has 0 aliphatic rings. The number of ether oxygens (including phenoxy) is 1. The molecule has 1 aromatic carbocycles. The molecule has 1 N–H and O–H groups in total. The van der Waals surface area contributed by atoms with Crippen LogP contribution >= 0.6 is 0 Å². The van der Waals surface area contributed by atoms with Gasteiger partial charge in [0, 0.05) is 0 Å². The maximum atomic E-state index is 8.65. The second-order valence-corrected chi connectivity index (χ2v) is 2.61. The molecular formula is C9H7N3O. The molecule has 0 saturated heterocycles. The molecule has 0 aliphatic heterocycles. The molecule has 2 rings (SSSR count). The molecule has 0 unspecified atom stereocenters. The maximum Gasteiger partial charge on any atom is 0.240 e. The van der Waals surface area contributed by atoms with Crippen LogP contribution in [0.2, 0.25) is 0 Å². The second kappa shape index (κ2) is 2.79. The molecule has 2 aromatic rings. The Kier molecular flexibility index (Phi) is 1.64. The van der Waals surface area contributed by atoms with E-state index in [0.29, 0.717) is 11.4 Å². The van der Waals surface area contributed by atoms with Crippen LogP contribution in [0.5, 0.6) is 5.88 Å². The first kappa shape index (κ1) is 7.62. The third-order valence-corrected chi connectivity index (χ3v) is 1.85. The minimum absolute atomic E-state index is 0.555. The molecule has 1 aromatic heterocycles. The van der Waals surface area contributed by atoms with Gasteiger partial charge in [-0.2, -0.15) is 5.26 Å². The van der Waals surface area contributed by atoms with E-state index in [9.17, 15) is 0 Å². The highest BCUT2D eigenvalue weighted by atomic mass is 16.5. The summed E-state index contributed by atoms with van der Waals surface area (Å²) in [6.45, 7) is 0. The Morgan fingerprint density at radius 3 is 3.08 bits per heavy atom. The number of rotatable bonds is 1. The number of nitrogens with zero attached hydrogens (tertiary/aromatic N) is 2. The zero-order chi connectivity index (χ0) is 9.26. The zero-order valence-corrected chi connectivity index (χ0v) is 7.03. The van der Waals surface area contributed by atoms with Crippen molar-refractivity contribution in [2.24, 2.45) is 0 Å². The van der Waals surface area contributed by atoms with Crippen LogP contribution in [-0.4, -0.2) is 17.3 Å². The van der Waals surface area contributed by atoms with E-state index in [4.69, 9.17) is 10.00 Å². The summed E-state index contributed by atoms with van der Waals surface area (Å²) in [6.07, 6.45) is 0. The Morgan fingerprint density at radius 2 is 2.38 bits per heavy atom. The summed E-state index contributed by atoms with van der Waals surface area (Å²) in [5.41, 5.74) is 1.43. The summed E-state index contributed by atoms with van der Waals surface area (Å²) < 4.78 is 5.02. The Bertz CT molecular complexity index is 481. The van der Waals surface area contributed by atoms with Crippen molar-refractivity contribution >= 4 is 10.9 Å². The van der Waals surface area contributed by atoms with Gasteiger partial charge in [-0.15, -0.1) is 5.10 Å². The predicted molar refractivity (Wildman–Crippen MR) is 47.4 cm³/mol. The Labute approximate surface area is 74.7 Å². The van der Waals surface area contributed by atoms with Crippen LogP contribution in [0.3, 0.4) is 0 Å². The van der Waals surface area contributed by atoms with Crippen molar-refractivity contribution in [3.8, 4) is 11.9 Å². The molecule has 4 heteroatoms. The smallest absolute Gasteiger partial charge is 0.240 e. The van der Waals surface area contributed by atoms with Gasteiger partial charge < -0.3 is 4.74 Å². The van der Waals surface area contributed by atoms with Crippen LogP contribution < -0.4 is 4.74 Å². The molecule has 0 spiro atoms. The highest BCUT2D eigenvalue weighted by Crippen LogP contribution is 2.22. The first-order valence-corrected chi connectivity index (χ1v) is 3.77. The lowest BCUT2D eigenvalue weighted by molar-refractivity contribution is 0.401. The largest absolute Gasteiger partial charge is 0.480 e. The number of nitrogens with one attached hydrogen (secondary N) is 1. The number of hydrogen-bond donors (Lipinski definition) is 1. The minimum Gasteiger partial charge on any atom is -0.480 e. The lowest BCUT2D eigenvalue weighted by atomic mass is 10.2. The molecule has 0 aliphatic carbocycles. The number of aromatic nitrogens is 2. The van der Waals surface area contributed by atoms with Crippen LogP contribution in [-0.2, 0) is 0 Å². The standard InChI is InChI=1S/C9H7N3O/c1-13-9-7-3-2-6(5-10)4-8(7)11-12-9/h2-4H,1H3,(H,11,12). The third kappa shape index (κ3) is 1.11. The van der Waals surface area contributed by atoms with Crippen molar-refractivity contribution < 1.29 is 4.74 Å². The molecule has 0 fully saturated rings. The fraction of sp³-hybridized carbons (Fsp3) is 0.111. The average molecular weight is 173 g/mol. The van der Waals surface area contributed by atoms with E-state index in [1.54, 1.807) is 19.2 Å². The monoisotopic (exact) mass is 173 g/mol. The fourth-order valence-corrected chi connectivity index (χ4v) is 1.22. The molecule has 0 radical (unpaired) electrons. The van der Waals surface area contributed by atoms with Crippen molar-refractivity contribution in [2.75, 3.05) is 7.11 Å². The van der Waals surface area contributed by atoms with Gasteiger partial charge in [-0.25, -0.2) is 0 Å². The molecule has 1 heterocycles. The average Bonchev–Trinajstić information content (AvgIpc) is 2.59. The van der Waals surface area contributed by atoms with Crippen molar-refractivity contribution in [3.05, 3.63) is 23.8 Å². The van der Waals surface area contributed by atoms with Crippen molar-refractivity contribution in [2.45, 2.75) is 0 Å². The van der Waals surface area contributed by atoms with Gasteiger partial charge in [0.25, 0.3) is 0 Å². The quantitative estimate of drug-likeness (QED) is 0.709. The van der Waals surface area contributed by atoms with Crippen molar-refractivity contribution in [1.29, 1.82) is 5.26 Å². The zero-order valence-electron chi connectivity index (χ0n) is 7.03. The minimum atomic E-state index is 0.555. The number of benzene rings is 1. The highest BCUT2D eigenvalue weighted by Gasteiger charge is 2.04. The van der Waals surface area contributed by atoms with Gasteiger partial charge in [0.15, 0.2) is 0 Å². The molecule has 13 heavy (non-hydrogen) atoms. The summed E-state index contributed by atoms with van der Waals surface area (Å²) in [4.78, 5) is 0. The van der Waals surface area contributed by atoms with Gasteiger partial charge >= 0.3 is 0 Å². The van der Waals surface area contributed by atoms with E-state index in [2.05, 4.69) is 16.3 Å². The molecule has 0 saturated carbocycles. The third-order valence-electron chi connectivity index (χ3n) is 1.85. The van der Waals surface area contributed by atoms with Gasteiger partial charge in [0.2, 0.25) is 5.88 Å². The molecule has 4 nitrogen and oxygen atoms in total. The fourth-order valence-electron chi connectivity index (χ4n) is 1.22. The van der Waals surface area contributed by atoms with E-state index >= 15 is 0 Å². The van der Waals surface area contributed by atoms with Gasteiger partial charge in [-0.1, -0.05) is 0 Å². The van der Waals surface area contributed by atoms with Crippen LogP contribution in [0.1, 0.15) is 5.56 Å². The van der Waals surface area contributed by atoms with Crippen molar-refractivity contribution in [1.82, 2.24) is 10.2 Å². The van der Waals surface area contributed by atoms with Crippen molar-refractivity contribution in [3.63, 3.8) is 0 Å². The lowest BCUT2D eigenvalue weighted by Crippen LogP contribution is -1.81. The lowest BCUT2D eigenvalue weighted by Gasteiger charge is -1.92. The van der Waals surface area contributed by atoms with Crippen LogP contribution in [0, 0.1) is 11.3 Å². The number of fused-ring (bicyclic) bond motifs is 1. The Hall–Kier alpha value is -2.02. The van der Waals surface area contributed by atoms with Gasteiger partial charge in [0.1, 0.15) is 0 Å². The summed E-state index contributed by atoms with van der Waals surface area (Å²) in [6, 6.07) is 7.35. The second-order valence-electron chi connectivity index (χ2n) is 2.61.